The van der Waals surface area contributed by atoms with E-state index < -0.39 is 0 Å². The fourth-order valence-corrected chi connectivity index (χ4v) is 3.19. The maximum Gasteiger partial charge on any atom is 0.0876 e. The Morgan fingerprint density at radius 1 is 1.15 bits per heavy atom. The highest BCUT2D eigenvalue weighted by Gasteiger charge is 2.27. The summed E-state index contributed by atoms with van der Waals surface area (Å²) in [5.41, 5.74) is 2.31. The van der Waals surface area contributed by atoms with Crippen LogP contribution in [0.1, 0.15) is 33.1 Å². The Bertz CT molecular complexity index is 547. The zero-order valence-corrected chi connectivity index (χ0v) is 12.3. The summed E-state index contributed by atoms with van der Waals surface area (Å²) in [5.74, 6) is 1.52. The van der Waals surface area contributed by atoms with Crippen molar-refractivity contribution >= 4 is 5.69 Å². The van der Waals surface area contributed by atoms with Crippen molar-refractivity contribution in [3.8, 4) is 5.69 Å². The number of nitrogens with zero attached hydrogens (tertiary/aromatic N) is 2. The molecule has 0 radical (unpaired) electrons. The first kappa shape index (κ1) is 13.2. The highest BCUT2D eigenvalue weighted by Crippen LogP contribution is 2.32. The van der Waals surface area contributed by atoms with Crippen molar-refractivity contribution in [3.63, 3.8) is 0 Å². The van der Waals surface area contributed by atoms with E-state index in [1.807, 2.05) is 23.1 Å². The van der Waals surface area contributed by atoms with Crippen LogP contribution in [-0.4, -0.2) is 15.8 Å². The third-order valence-electron chi connectivity index (χ3n) is 4.70. The summed E-state index contributed by atoms with van der Waals surface area (Å²) < 4.78 is 1.93. The number of rotatable bonds is 3. The molecule has 0 saturated heterocycles. The molecular weight excluding hydrogens is 246 g/mol. The Balaban J connectivity index is 1.84. The van der Waals surface area contributed by atoms with Crippen LogP contribution in [0.3, 0.4) is 0 Å². The Labute approximate surface area is 121 Å². The lowest BCUT2D eigenvalue weighted by Gasteiger charge is -2.35. The highest BCUT2D eigenvalue weighted by molar-refractivity contribution is 5.61. The Hall–Kier alpha value is -1.77. The first-order valence-electron chi connectivity index (χ1n) is 7.61. The normalized spacial score (nSPS) is 26.4. The lowest BCUT2D eigenvalue weighted by Crippen LogP contribution is -2.35. The van der Waals surface area contributed by atoms with Gasteiger partial charge < -0.3 is 5.32 Å². The molecule has 1 aromatic carbocycles. The molecule has 20 heavy (non-hydrogen) atoms. The van der Waals surface area contributed by atoms with Gasteiger partial charge >= 0.3 is 0 Å². The Kier molecular flexibility index (Phi) is 3.77. The smallest absolute Gasteiger partial charge is 0.0876 e. The van der Waals surface area contributed by atoms with E-state index in [1.54, 1.807) is 0 Å². The lowest BCUT2D eigenvalue weighted by atomic mass is 9.78. The van der Waals surface area contributed by atoms with E-state index in [-0.39, 0.29) is 0 Å². The molecule has 1 saturated carbocycles. The minimum absolute atomic E-state index is 0.565. The molecule has 1 heterocycles. The molecule has 0 amide bonds. The van der Waals surface area contributed by atoms with E-state index in [9.17, 15) is 0 Å². The summed E-state index contributed by atoms with van der Waals surface area (Å²) in [6, 6.07) is 11.0. The number of benzene rings is 1. The molecule has 3 atom stereocenters. The quantitative estimate of drug-likeness (QED) is 0.908. The molecule has 3 heteroatoms. The standard InChI is InChI=1S/C17H23N3/c1-13-7-5-9-15(14(13)2)19-16-8-3-4-10-17(16)20-12-6-11-18-20/h3-4,6,8,10-15,19H,5,7,9H2,1-2H3. The second-order valence-electron chi connectivity index (χ2n) is 5.99. The Morgan fingerprint density at radius 3 is 2.80 bits per heavy atom. The van der Waals surface area contributed by atoms with Crippen LogP contribution >= 0.6 is 0 Å². The minimum atomic E-state index is 0.565. The average Bonchev–Trinajstić information content (AvgIpc) is 2.98. The van der Waals surface area contributed by atoms with E-state index in [0.717, 1.165) is 17.5 Å². The van der Waals surface area contributed by atoms with E-state index in [4.69, 9.17) is 0 Å². The minimum Gasteiger partial charge on any atom is -0.380 e. The van der Waals surface area contributed by atoms with Crippen LogP contribution in [0, 0.1) is 11.8 Å². The zero-order chi connectivity index (χ0) is 13.9. The number of hydrogen-bond acceptors (Lipinski definition) is 2. The van der Waals surface area contributed by atoms with Gasteiger partial charge in [0.15, 0.2) is 0 Å². The van der Waals surface area contributed by atoms with Crippen molar-refractivity contribution in [2.75, 3.05) is 5.32 Å². The van der Waals surface area contributed by atoms with Gasteiger partial charge in [-0.05, 0) is 36.5 Å². The maximum absolute atomic E-state index is 4.35. The average molecular weight is 269 g/mol. The molecule has 1 fully saturated rings. The summed E-state index contributed by atoms with van der Waals surface area (Å²) in [6.45, 7) is 4.75. The monoisotopic (exact) mass is 269 g/mol. The summed E-state index contributed by atoms with van der Waals surface area (Å²) in [7, 11) is 0. The second-order valence-corrected chi connectivity index (χ2v) is 5.99. The van der Waals surface area contributed by atoms with E-state index in [0.29, 0.717) is 6.04 Å². The van der Waals surface area contributed by atoms with Crippen molar-refractivity contribution in [1.29, 1.82) is 0 Å². The van der Waals surface area contributed by atoms with Gasteiger partial charge in [-0.1, -0.05) is 38.8 Å². The number of anilines is 1. The van der Waals surface area contributed by atoms with E-state index in [1.165, 1.54) is 24.9 Å². The van der Waals surface area contributed by atoms with Crippen molar-refractivity contribution < 1.29 is 0 Å². The maximum atomic E-state index is 4.35. The SMILES string of the molecule is CC1CCCC(Nc2ccccc2-n2cccn2)C1C. The summed E-state index contributed by atoms with van der Waals surface area (Å²) in [6.07, 6.45) is 7.77. The fourth-order valence-electron chi connectivity index (χ4n) is 3.19. The van der Waals surface area contributed by atoms with Gasteiger partial charge in [-0.3, -0.25) is 0 Å². The van der Waals surface area contributed by atoms with Crippen molar-refractivity contribution in [2.24, 2.45) is 11.8 Å². The van der Waals surface area contributed by atoms with Crippen LogP contribution < -0.4 is 5.32 Å². The molecule has 3 unspecified atom stereocenters. The van der Waals surface area contributed by atoms with Crippen LogP contribution in [0.4, 0.5) is 5.69 Å². The van der Waals surface area contributed by atoms with Gasteiger partial charge in [0, 0.05) is 18.4 Å². The van der Waals surface area contributed by atoms with Crippen molar-refractivity contribution in [1.82, 2.24) is 9.78 Å². The van der Waals surface area contributed by atoms with Gasteiger partial charge in [0.1, 0.15) is 0 Å². The zero-order valence-electron chi connectivity index (χ0n) is 12.3. The Morgan fingerprint density at radius 2 is 2.00 bits per heavy atom. The third kappa shape index (κ3) is 2.58. The molecule has 1 aromatic heterocycles. The molecule has 0 bridgehead atoms. The second kappa shape index (κ2) is 5.70. The van der Waals surface area contributed by atoms with Gasteiger partial charge in [0.05, 0.1) is 11.4 Å². The molecule has 1 aliphatic rings. The molecule has 1 aliphatic carbocycles. The van der Waals surface area contributed by atoms with Crippen LogP contribution in [0.5, 0.6) is 0 Å². The van der Waals surface area contributed by atoms with Crippen LogP contribution in [0.2, 0.25) is 0 Å². The summed E-state index contributed by atoms with van der Waals surface area (Å²) in [5, 5.41) is 8.11. The molecule has 0 spiro atoms. The summed E-state index contributed by atoms with van der Waals surface area (Å²) >= 11 is 0. The molecule has 3 rings (SSSR count). The van der Waals surface area contributed by atoms with Crippen LogP contribution in [0.15, 0.2) is 42.7 Å². The van der Waals surface area contributed by atoms with Gasteiger partial charge in [-0.25, -0.2) is 4.68 Å². The molecule has 106 valence electrons. The summed E-state index contributed by atoms with van der Waals surface area (Å²) in [4.78, 5) is 0. The van der Waals surface area contributed by atoms with Gasteiger partial charge in [0.25, 0.3) is 0 Å². The van der Waals surface area contributed by atoms with E-state index >= 15 is 0 Å². The number of hydrogen-bond donors (Lipinski definition) is 1. The van der Waals surface area contributed by atoms with Crippen molar-refractivity contribution in [3.05, 3.63) is 42.7 Å². The third-order valence-corrected chi connectivity index (χ3v) is 4.70. The first-order valence-corrected chi connectivity index (χ1v) is 7.61. The molecule has 2 aromatic rings. The molecule has 3 nitrogen and oxygen atoms in total. The van der Waals surface area contributed by atoms with Crippen LogP contribution in [-0.2, 0) is 0 Å². The number of nitrogens with one attached hydrogen (secondary N) is 1. The highest BCUT2D eigenvalue weighted by atomic mass is 15.3. The fraction of sp³-hybridized carbons (Fsp3) is 0.471. The predicted octanol–water partition coefficient (Wildman–Crippen LogP) is 4.11. The first-order chi connectivity index (χ1) is 9.75. The lowest BCUT2D eigenvalue weighted by molar-refractivity contribution is 0.253. The predicted molar refractivity (Wildman–Crippen MR) is 83.2 cm³/mol. The molecule has 0 aliphatic heterocycles. The van der Waals surface area contributed by atoms with Gasteiger partial charge in [-0.15, -0.1) is 0 Å². The van der Waals surface area contributed by atoms with Crippen molar-refractivity contribution in [2.45, 2.75) is 39.2 Å². The molecule has 1 N–H and O–H groups in total. The number of para-hydroxylation sites is 2. The van der Waals surface area contributed by atoms with E-state index in [2.05, 4.69) is 48.5 Å². The van der Waals surface area contributed by atoms with Crippen LogP contribution in [0.25, 0.3) is 5.69 Å². The topological polar surface area (TPSA) is 29.9 Å². The van der Waals surface area contributed by atoms with Gasteiger partial charge in [0.2, 0.25) is 0 Å². The number of aromatic nitrogens is 2. The van der Waals surface area contributed by atoms with Gasteiger partial charge in [-0.2, -0.15) is 5.10 Å². The molecular formula is C17H23N3. The largest absolute Gasteiger partial charge is 0.380 e.